The van der Waals surface area contributed by atoms with Crippen molar-refractivity contribution >= 4 is 0 Å². The molecule has 1 aromatic rings. The van der Waals surface area contributed by atoms with Crippen molar-refractivity contribution in [2.75, 3.05) is 19.6 Å². The zero-order valence-corrected chi connectivity index (χ0v) is 10.8. The lowest BCUT2D eigenvalue weighted by Crippen LogP contribution is -2.37. The van der Waals surface area contributed by atoms with Crippen LogP contribution < -0.4 is 5.32 Å². The Bertz CT molecular complexity index is 389. The largest absolute Gasteiger partial charge is 0.309 e. The summed E-state index contributed by atoms with van der Waals surface area (Å²) < 4.78 is 26.4. The van der Waals surface area contributed by atoms with Gasteiger partial charge in [0.25, 0.3) is 0 Å². The molecule has 2 nitrogen and oxygen atoms in total. The van der Waals surface area contributed by atoms with Crippen LogP contribution in [0.15, 0.2) is 18.2 Å². The molecule has 2 rings (SSSR count). The average Bonchev–Trinajstić information content (AvgIpc) is 2.83. The molecule has 1 fully saturated rings. The zero-order chi connectivity index (χ0) is 13.0. The highest BCUT2D eigenvalue weighted by atomic mass is 19.1. The van der Waals surface area contributed by atoms with Gasteiger partial charge >= 0.3 is 0 Å². The Kier molecular flexibility index (Phi) is 4.66. The van der Waals surface area contributed by atoms with E-state index in [1.165, 1.54) is 25.0 Å². The minimum atomic E-state index is -0.389. The van der Waals surface area contributed by atoms with Crippen LogP contribution in [-0.2, 0) is 6.54 Å². The number of benzene rings is 1. The van der Waals surface area contributed by atoms with Gasteiger partial charge in [-0.3, -0.25) is 0 Å². The van der Waals surface area contributed by atoms with Gasteiger partial charge < -0.3 is 10.2 Å². The number of rotatable bonds is 5. The number of hydrogen-bond acceptors (Lipinski definition) is 2. The van der Waals surface area contributed by atoms with Gasteiger partial charge in [-0.25, -0.2) is 8.78 Å². The molecule has 0 aliphatic carbocycles. The van der Waals surface area contributed by atoms with Crippen molar-refractivity contribution < 1.29 is 8.78 Å². The van der Waals surface area contributed by atoms with Crippen molar-refractivity contribution in [3.8, 4) is 0 Å². The van der Waals surface area contributed by atoms with Gasteiger partial charge in [0.15, 0.2) is 0 Å². The van der Waals surface area contributed by atoms with Gasteiger partial charge in [-0.05, 0) is 51.1 Å². The normalized spacial score (nSPS) is 18.2. The second-order valence-corrected chi connectivity index (χ2v) is 5.03. The third-order valence-electron chi connectivity index (χ3n) is 3.38. The highest BCUT2D eigenvalue weighted by Gasteiger charge is 2.14. The predicted molar refractivity (Wildman–Crippen MR) is 68.3 cm³/mol. The van der Waals surface area contributed by atoms with Crippen LogP contribution in [0.1, 0.15) is 25.3 Å². The van der Waals surface area contributed by atoms with E-state index in [1.807, 2.05) is 0 Å². The fourth-order valence-electron chi connectivity index (χ4n) is 2.38. The molecule has 1 N–H and O–H groups in total. The number of hydrogen-bond donors (Lipinski definition) is 1. The lowest BCUT2D eigenvalue weighted by atomic mass is 10.2. The summed E-state index contributed by atoms with van der Waals surface area (Å²) in [4.78, 5) is 2.40. The van der Waals surface area contributed by atoms with Gasteiger partial charge in [0.05, 0.1) is 0 Å². The van der Waals surface area contributed by atoms with Gasteiger partial charge in [0.1, 0.15) is 11.6 Å². The fraction of sp³-hybridized carbons (Fsp3) is 0.571. The van der Waals surface area contributed by atoms with Gasteiger partial charge in [0, 0.05) is 24.7 Å². The lowest BCUT2D eigenvalue weighted by Gasteiger charge is -2.21. The molecule has 1 unspecified atom stereocenters. The molecular weight excluding hydrogens is 234 g/mol. The van der Waals surface area contributed by atoms with E-state index in [0.29, 0.717) is 12.1 Å². The van der Waals surface area contributed by atoms with E-state index in [-0.39, 0.29) is 17.7 Å². The Morgan fingerprint density at radius 2 is 2.00 bits per heavy atom. The van der Waals surface area contributed by atoms with Crippen molar-refractivity contribution in [1.82, 2.24) is 10.2 Å². The SMILES string of the molecule is CC(CN1CCCC1)NCc1cc(F)ccc1F. The number of likely N-dealkylation sites (tertiary alicyclic amines) is 1. The van der Waals surface area contributed by atoms with E-state index in [4.69, 9.17) is 0 Å². The van der Waals surface area contributed by atoms with Crippen LogP contribution in [0.2, 0.25) is 0 Å². The first-order valence-electron chi connectivity index (χ1n) is 6.55. The molecule has 4 heteroatoms. The van der Waals surface area contributed by atoms with Crippen LogP contribution in [0.4, 0.5) is 8.78 Å². The molecule has 1 aromatic carbocycles. The van der Waals surface area contributed by atoms with Crippen LogP contribution in [0.25, 0.3) is 0 Å². The van der Waals surface area contributed by atoms with Crippen molar-refractivity contribution in [2.24, 2.45) is 0 Å². The second kappa shape index (κ2) is 6.25. The van der Waals surface area contributed by atoms with Crippen LogP contribution >= 0.6 is 0 Å². The Morgan fingerprint density at radius 3 is 2.72 bits per heavy atom. The van der Waals surface area contributed by atoms with Crippen molar-refractivity contribution in [3.05, 3.63) is 35.4 Å². The highest BCUT2D eigenvalue weighted by Crippen LogP contribution is 2.11. The van der Waals surface area contributed by atoms with Gasteiger partial charge in [0.2, 0.25) is 0 Å². The maximum absolute atomic E-state index is 13.4. The molecule has 0 saturated carbocycles. The van der Waals surface area contributed by atoms with E-state index in [2.05, 4.69) is 17.1 Å². The monoisotopic (exact) mass is 254 g/mol. The van der Waals surface area contributed by atoms with E-state index >= 15 is 0 Å². The zero-order valence-electron chi connectivity index (χ0n) is 10.8. The third kappa shape index (κ3) is 3.75. The number of nitrogens with zero attached hydrogens (tertiary/aromatic N) is 1. The van der Waals surface area contributed by atoms with Crippen molar-refractivity contribution in [2.45, 2.75) is 32.4 Å². The van der Waals surface area contributed by atoms with Crippen LogP contribution in [-0.4, -0.2) is 30.6 Å². The van der Waals surface area contributed by atoms with Gasteiger partial charge in [-0.2, -0.15) is 0 Å². The molecule has 1 atom stereocenters. The summed E-state index contributed by atoms with van der Waals surface area (Å²) >= 11 is 0. The molecule has 0 aromatic heterocycles. The van der Waals surface area contributed by atoms with Crippen LogP contribution in [0.5, 0.6) is 0 Å². The molecule has 1 aliphatic rings. The van der Waals surface area contributed by atoms with E-state index < -0.39 is 0 Å². The van der Waals surface area contributed by atoms with E-state index in [1.54, 1.807) is 0 Å². The first-order chi connectivity index (χ1) is 8.65. The smallest absolute Gasteiger partial charge is 0.127 e. The number of halogens is 2. The van der Waals surface area contributed by atoms with E-state index in [9.17, 15) is 8.78 Å². The molecular formula is C14H20F2N2. The van der Waals surface area contributed by atoms with Crippen molar-refractivity contribution in [1.29, 1.82) is 0 Å². The Hall–Kier alpha value is -1.00. The Balaban J connectivity index is 1.81. The molecule has 1 heterocycles. The van der Waals surface area contributed by atoms with Gasteiger partial charge in [-0.1, -0.05) is 0 Å². The second-order valence-electron chi connectivity index (χ2n) is 5.03. The maximum Gasteiger partial charge on any atom is 0.127 e. The minimum absolute atomic E-state index is 0.283. The van der Waals surface area contributed by atoms with Crippen molar-refractivity contribution in [3.63, 3.8) is 0 Å². The molecule has 1 saturated heterocycles. The molecule has 0 spiro atoms. The summed E-state index contributed by atoms with van der Waals surface area (Å²) in [6, 6.07) is 3.86. The van der Waals surface area contributed by atoms with Crippen LogP contribution in [0.3, 0.4) is 0 Å². The maximum atomic E-state index is 13.4. The summed E-state index contributed by atoms with van der Waals surface area (Å²) in [5.41, 5.74) is 0.392. The summed E-state index contributed by atoms with van der Waals surface area (Å²) in [7, 11) is 0. The number of nitrogens with one attached hydrogen (secondary N) is 1. The summed E-state index contributed by atoms with van der Waals surface area (Å²) in [5, 5.41) is 3.25. The topological polar surface area (TPSA) is 15.3 Å². The standard InChI is InChI=1S/C14H20F2N2/c1-11(10-18-6-2-3-7-18)17-9-12-8-13(15)4-5-14(12)16/h4-5,8,11,17H,2-3,6-7,9-10H2,1H3. The summed E-state index contributed by atoms with van der Waals surface area (Å²) in [6.45, 7) is 5.73. The Labute approximate surface area is 107 Å². The van der Waals surface area contributed by atoms with Crippen LogP contribution in [0, 0.1) is 11.6 Å². The summed E-state index contributed by atoms with van der Waals surface area (Å²) in [6.07, 6.45) is 2.54. The molecule has 0 bridgehead atoms. The minimum Gasteiger partial charge on any atom is -0.309 e. The molecule has 1 aliphatic heterocycles. The van der Waals surface area contributed by atoms with Gasteiger partial charge in [-0.15, -0.1) is 0 Å². The highest BCUT2D eigenvalue weighted by molar-refractivity contribution is 5.18. The summed E-state index contributed by atoms with van der Waals surface area (Å²) in [5.74, 6) is -0.738. The first kappa shape index (κ1) is 13.4. The molecule has 0 amide bonds. The fourth-order valence-corrected chi connectivity index (χ4v) is 2.38. The molecule has 0 radical (unpaired) electrons. The first-order valence-corrected chi connectivity index (χ1v) is 6.55. The lowest BCUT2D eigenvalue weighted by molar-refractivity contribution is 0.297. The Morgan fingerprint density at radius 1 is 1.28 bits per heavy atom. The average molecular weight is 254 g/mol. The van der Waals surface area contributed by atoms with E-state index in [0.717, 1.165) is 25.7 Å². The molecule has 100 valence electrons. The predicted octanol–water partition coefficient (Wildman–Crippen LogP) is 2.54. The third-order valence-corrected chi connectivity index (χ3v) is 3.38. The quantitative estimate of drug-likeness (QED) is 0.868. The molecule has 18 heavy (non-hydrogen) atoms.